The van der Waals surface area contributed by atoms with E-state index in [4.69, 9.17) is 0 Å². The summed E-state index contributed by atoms with van der Waals surface area (Å²) in [6.45, 7) is 4.05. The zero-order valence-electron chi connectivity index (χ0n) is 18.2. The molecule has 3 aromatic rings. The molecule has 3 rings (SSSR count). The second kappa shape index (κ2) is 11.1. The zero-order valence-corrected chi connectivity index (χ0v) is 18.2. The Hall–Kier alpha value is -3.40. The first-order chi connectivity index (χ1) is 15.0. The Balaban J connectivity index is 1.62. The van der Waals surface area contributed by atoms with Crippen molar-refractivity contribution in [2.45, 2.75) is 38.6 Å². The summed E-state index contributed by atoms with van der Waals surface area (Å²) in [5.74, 6) is -0.00303. The molecule has 160 valence electrons. The van der Waals surface area contributed by atoms with E-state index in [2.05, 4.69) is 34.9 Å². The Morgan fingerprint density at radius 1 is 0.774 bits per heavy atom. The molecule has 0 radical (unpaired) electrons. The van der Waals surface area contributed by atoms with E-state index in [1.54, 1.807) is 0 Å². The molecule has 0 heterocycles. The second-order valence-corrected chi connectivity index (χ2v) is 7.88. The predicted octanol–water partition coefficient (Wildman–Crippen LogP) is 4.90. The molecule has 4 nitrogen and oxygen atoms in total. The predicted molar refractivity (Wildman–Crippen MR) is 125 cm³/mol. The van der Waals surface area contributed by atoms with Crippen molar-refractivity contribution in [1.82, 2.24) is 10.6 Å². The SMILES string of the molecule is CC(=O)NC(CC(=O)NCCC(c1ccccc1)c1ccccc1)c1ccc(C)cc1. The molecule has 0 aliphatic carbocycles. The number of benzene rings is 3. The van der Waals surface area contributed by atoms with Gasteiger partial charge >= 0.3 is 0 Å². The average Bonchev–Trinajstić information content (AvgIpc) is 2.78. The molecular formula is C27H30N2O2. The molecule has 2 N–H and O–H groups in total. The van der Waals surface area contributed by atoms with Crippen molar-refractivity contribution < 1.29 is 9.59 Å². The summed E-state index contributed by atoms with van der Waals surface area (Å²) >= 11 is 0. The Labute approximate surface area is 184 Å². The summed E-state index contributed by atoms with van der Waals surface area (Å²) < 4.78 is 0. The van der Waals surface area contributed by atoms with E-state index in [0.29, 0.717) is 6.54 Å². The first-order valence-corrected chi connectivity index (χ1v) is 10.7. The minimum Gasteiger partial charge on any atom is -0.356 e. The third-order valence-corrected chi connectivity index (χ3v) is 5.41. The van der Waals surface area contributed by atoms with Gasteiger partial charge < -0.3 is 10.6 Å². The molecule has 3 aromatic carbocycles. The normalized spacial score (nSPS) is 11.7. The summed E-state index contributed by atoms with van der Waals surface area (Å²) in [4.78, 5) is 24.3. The number of rotatable bonds is 9. The van der Waals surface area contributed by atoms with Crippen molar-refractivity contribution in [2.75, 3.05) is 6.54 Å². The molecule has 0 aliphatic rings. The van der Waals surface area contributed by atoms with Crippen molar-refractivity contribution in [2.24, 2.45) is 0 Å². The maximum Gasteiger partial charge on any atom is 0.222 e. The summed E-state index contributed by atoms with van der Waals surface area (Å²) in [6.07, 6.45) is 1.01. The van der Waals surface area contributed by atoms with Gasteiger partial charge in [-0.1, -0.05) is 90.5 Å². The van der Waals surface area contributed by atoms with Gasteiger partial charge in [-0.05, 0) is 30.0 Å². The number of hydrogen-bond donors (Lipinski definition) is 2. The van der Waals surface area contributed by atoms with E-state index in [0.717, 1.165) is 17.5 Å². The zero-order chi connectivity index (χ0) is 22.1. The van der Waals surface area contributed by atoms with Gasteiger partial charge in [0.1, 0.15) is 0 Å². The third kappa shape index (κ3) is 6.82. The Bertz CT molecular complexity index is 930. The third-order valence-electron chi connectivity index (χ3n) is 5.41. The molecule has 0 aromatic heterocycles. The van der Waals surface area contributed by atoms with Crippen molar-refractivity contribution >= 4 is 11.8 Å². The van der Waals surface area contributed by atoms with Crippen molar-refractivity contribution in [1.29, 1.82) is 0 Å². The molecule has 2 amide bonds. The van der Waals surface area contributed by atoms with Crippen LogP contribution in [0.2, 0.25) is 0 Å². The highest BCUT2D eigenvalue weighted by Gasteiger charge is 2.18. The Kier molecular flexibility index (Phi) is 7.99. The molecule has 31 heavy (non-hydrogen) atoms. The van der Waals surface area contributed by atoms with Crippen molar-refractivity contribution in [3.05, 3.63) is 107 Å². The fraction of sp³-hybridized carbons (Fsp3) is 0.259. The summed E-state index contributed by atoms with van der Waals surface area (Å²) in [5.41, 5.74) is 4.54. The van der Waals surface area contributed by atoms with E-state index in [1.165, 1.54) is 18.1 Å². The van der Waals surface area contributed by atoms with E-state index in [-0.39, 0.29) is 30.2 Å². The monoisotopic (exact) mass is 414 g/mol. The molecule has 0 spiro atoms. The Morgan fingerprint density at radius 3 is 1.84 bits per heavy atom. The second-order valence-electron chi connectivity index (χ2n) is 7.88. The van der Waals surface area contributed by atoms with Gasteiger partial charge in [0.25, 0.3) is 0 Å². The van der Waals surface area contributed by atoms with Crippen LogP contribution in [0, 0.1) is 6.92 Å². The lowest BCUT2D eigenvalue weighted by Gasteiger charge is -2.20. The van der Waals surface area contributed by atoms with Gasteiger partial charge in [-0.25, -0.2) is 0 Å². The van der Waals surface area contributed by atoms with Crippen LogP contribution >= 0.6 is 0 Å². The first kappa shape index (κ1) is 22.3. The van der Waals surface area contributed by atoms with Crippen LogP contribution in [0.4, 0.5) is 0 Å². The van der Waals surface area contributed by atoms with Gasteiger partial charge in [0, 0.05) is 19.4 Å². The average molecular weight is 415 g/mol. The van der Waals surface area contributed by atoms with Gasteiger partial charge in [-0.2, -0.15) is 0 Å². The van der Waals surface area contributed by atoms with E-state index in [1.807, 2.05) is 67.6 Å². The topological polar surface area (TPSA) is 58.2 Å². The minimum absolute atomic E-state index is 0.0702. The molecule has 4 heteroatoms. The summed E-state index contributed by atoms with van der Waals surface area (Å²) in [6, 6.07) is 28.3. The highest BCUT2D eigenvalue weighted by Crippen LogP contribution is 2.27. The van der Waals surface area contributed by atoms with Crippen LogP contribution in [0.15, 0.2) is 84.9 Å². The lowest BCUT2D eigenvalue weighted by molar-refractivity contribution is -0.122. The molecular weight excluding hydrogens is 384 g/mol. The first-order valence-electron chi connectivity index (χ1n) is 10.7. The standard InChI is InChI=1S/C27H30N2O2/c1-20-13-15-24(16-14-20)26(29-21(2)30)19-27(31)28-18-17-25(22-9-5-3-6-10-22)23-11-7-4-8-12-23/h3-16,25-26H,17-19H2,1-2H3,(H,28,31)(H,29,30). The van der Waals surface area contributed by atoms with Crippen LogP contribution in [0.5, 0.6) is 0 Å². The van der Waals surface area contributed by atoms with Gasteiger partial charge in [0.15, 0.2) is 0 Å². The number of hydrogen-bond acceptors (Lipinski definition) is 2. The molecule has 0 bridgehead atoms. The highest BCUT2D eigenvalue weighted by molar-refractivity contribution is 5.79. The lowest BCUT2D eigenvalue weighted by atomic mass is 9.88. The fourth-order valence-corrected chi connectivity index (χ4v) is 3.81. The van der Waals surface area contributed by atoms with Gasteiger partial charge in [0.05, 0.1) is 12.5 Å². The lowest BCUT2D eigenvalue weighted by Crippen LogP contribution is -2.33. The van der Waals surface area contributed by atoms with Crippen LogP contribution in [-0.2, 0) is 9.59 Å². The number of aryl methyl sites for hydroxylation is 1. The van der Waals surface area contributed by atoms with E-state index >= 15 is 0 Å². The molecule has 0 saturated heterocycles. The van der Waals surface area contributed by atoms with Crippen LogP contribution in [0.3, 0.4) is 0 Å². The maximum atomic E-state index is 12.7. The van der Waals surface area contributed by atoms with Gasteiger partial charge in [-0.3, -0.25) is 9.59 Å². The number of nitrogens with one attached hydrogen (secondary N) is 2. The molecule has 1 atom stereocenters. The molecule has 0 fully saturated rings. The Morgan fingerprint density at radius 2 is 1.32 bits per heavy atom. The summed E-state index contributed by atoms with van der Waals surface area (Å²) in [7, 11) is 0. The molecule has 1 unspecified atom stereocenters. The van der Waals surface area contributed by atoms with Crippen LogP contribution in [0.25, 0.3) is 0 Å². The van der Waals surface area contributed by atoms with Crippen molar-refractivity contribution in [3.8, 4) is 0 Å². The quantitative estimate of drug-likeness (QED) is 0.523. The molecule has 0 saturated carbocycles. The number of carbonyl (C=O) groups excluding carboxylic acids is 2. The largest absolute Gasteiger partial charge is 0.356 e. The minimum atomic E-state index is -0.336. The van der Waals surface area contributed by atoms with Crippen LogP contribution in [0.1, 0.15) is 54.0 Å². The molecule has 0 aliphatic heterocycles. The highest BCUT2D eigenvalue weighted by atomic mass is 16.2. The number of amides is 2. The van der Waals surface area contributed by atoms with Crippen LogP contribution < -0.4 is 10.6 Å². The maximum absolute atomic E-state index is 12.7. The van der Waals surface area contributed by atoms with Crippen LogP contribution in [-0.4, -0.2) is 18.4 Å². The fourth-order valence-electron chi connectivity index (χ4n) is 3.81. The van der Waals surface area contributed by atoms with Gasteiger partial charge in [0.2, 0.25) is 11.8 Å². The number of carbonyl (C=O) groups is 2. The van der Waals surface area contributed by atoms with Crippen molar-refractivity contribution in [3.63, 3.8) is 0 Å². The summed E-state index contributed by atoms with van der Waals surface area (Å²) in [5, 5.41) is 5.94. The van der Waals surface area contributed by atoms with E-state index in [9.17, 15) is 9.59 Å². The van der Waals surface area contributed by atoms with E-state index < -0.39 is 0 Å². The smallest absolute Gasteiger partial charge is 0.222 e. The van der Waals surface area contributed by atoms with Gasteiger partial charge in [-0.15, -0.1) is 0 Å².